The number of carbonyl (C=O) groups is 8. The van der Waals surface area contributed by atoms with Gasteiger partial charge < -0.3 is 55.2 Å². The fourth-order valence-electron chi connectivity index (χ4n) is 12.8. The van der Waals surface area contributed by atoms with Crippen LogP contribution < -0.4 is 20.1 Å². The van der Waals surface area contributed by atoms with Gasteiger partial charge in [0.2, 0.25) is 11.8 Å². The van der Waals surface area contributed by atoms with Crippen LogP contribution in [0.5, 0.6) is 11.5 Å². The zero-order valence-corrected chi connectivity index (χ0v) is 53.5. The van der Waals surface area contributed by atoms with Crippen molar-refractivity contribution < 1.29 is 68.3 Å². The van der Waals surface area contributed by atoms with Crippen LogP contribution in [0.4, 0.5) is 0 Å². The molecule has 0 spiro atoms. The van der Waals surface area contributed by atoms with E-state index in [0.717, 1.165) is 57.2 Å². The summed E-state index contributed by atoms with van der Waals surface area (Å²) in [6.45, 7) is 10.9. The summed E-state index contributed by atoms with van der Waals surface area (Å²) in [7, 11) is 8.70. The Morgan fingerprint density at radius 2 is 1.22 bits per heavy atom. The second-order valence-corrected chi connectivity index (χ2v) is 24.9. The molecular weight excluding hydrogens is 1150 g/mol. The first kappa shape index (κ1) is 70.9. The topological polar surface area (TPSA) is 300 Å². The van der Waals surface area contributed by atoms with Crippen molar-refractivity contribution in [1.29, 1.82) is 0 Å². The Bertz CT molecular complexity index is 2850. The van der Waals surface area contributed by atoms with Gasteiger partial charge in [0.25, 0.3) is 11.8 Å². The van der Waals surface area contributed by atoms with E-state index >= 15 is 0 Å². The normalized spacial score (nSPS) is 19.8. The molecule has 4 amide bonds. The molecule has 492 valence electrons. The number of benzene rings is 2. The number of methoxy groups -OCH3 is 2. The number of fused-ring (bicyclic) bond motifs is 2. The monoisotopic (exact) mass is 1240 g/mol. The van der Waals surface area contributed by atoms with Crippen LogP contribution in [0, 0.1) is 17.8 Å². The number of unbranched alkanes of at least 4 members (excludes halogenated alkanes) is 2. The van der Waals surface area contributed by atoms with E-state index in [1.807, 2.05) is 37.9 Å². The number of aromatic nitrogens is 2. The molecule has 4 atom stereocenters. The molecule has 3 aromatic rings. The average molecular weight is 1240 g/mol. The summed E-state index contributed by atoms with van der Waals surface area (Å²) in [6, 6.07) is 12.5. The summed E-state index contributed by atoms with van der Waals surface area (Å²) in [5.74, 6) is -3.56. The van der Waals surface area contributed by atoms with E-state index in [2.05, 4.69) is 22.5 Å². The van der Waals surface area contributed by atoms with Gasteiger partial charge in [-0.15, -0.1) is 0 Å². The lowest BCUT2D eigenvalue weighted by Gasteiger charge is -2.48. The van der Waals surface area contributed by atoms with E-state index < -0.39 is 35.3 Å². The summed E-state index contributed by atoms with van der Waals surface area (Å²) in [5.41, 5.74) is 1.56. The molecule has 2 bridgehead atoms. The Morgan fingerprint density at radius 3 is 1.75 bits per heavy atom. The molecule has 0 radical (unpaired) electrons. The van der Waals surface area contributed by atoms with Crippen LogP contribution in [0.15, 0.2) is 42.5 Å². The molecule has 6 rings (SSSR count). The summed E-state index contributed by atoms with van der Waals surface area (Å²) in [6.07, 6.45) is 7.53. The summed E-state index contributed by atoms with van der Waals surface area (Å²) in [5, 5.41) is 50.1. The number of carboxylic acid groups (broad SMARTS) is 4. The van der Waals surface area contributed by atoms with Crippen molar-refractivity contribution in [3.05, 3.63) is 59.3 Å². The number of hydrogen-bond donors (Lipinski definition) is 6. The predicted molar refractivity (Wildman–Crippen MR) is 335 cm³/mol. The quantitative estimate of drug-likeness (QED) is 0.0484. The van der Waals surface area contributed by atoms with E-state index in [1.54, 1.807) is 87.8 Å². The van der Waals surface area contributed by atoms with E-state index in [0.29, 0.717) is 124 Å². The summed E-state index contributed by atoms with van der Waals surface area (Å²) < 4.78 is 13.3. The molecular formula is C64H97N11O14. The number of nitrogens with one attached hydrogen (secondary N) is 2. The highest BCUT2D eigenvalue weighted by Gasteiger charge is 2.53. The zero-order chi connectivity index (χ0) is 65.0. The fraction of sp³-hybridized carbons (Fsp3) is 0.641. The molecule has 3 aliphatic rings. The van der Waals surface area contributed by atoms with E-state index in [4.69, 9.17) is 14.6 Å². The minimum absolute atomic E-state index is 0.0336. The summed E-state index contributed by atoms with van der Waals surface area (Å²) >= 11 is 0. The van der Waals surface area contributed by atoms with Crippen LogP contribution >= 0.6 is 0 Å². The maximum absolute atomic E-state index is 14.4. The van der Waals surface area contributed by atoms with Crippen LogP contribution in [0.3, 0.4) is 0 Å². The van der Waals surface area contributed by atoms with Crippen LogP contribution in [0.1, 0.15) is 124 Å². The van der Waals surface area contributed by atoms with Crippen molar-refractivity contribution in [2.75, 3.05) is 147 Å². The molecule has 25 nitrogen and oxygen atoms in total. The predicted octanol–water partition coefficient (Wildman–Crippen LogP) is 4.47. The van der Waals surface area contributed by atoms with Crippen LogP contribution in [0.2, 0.25) is 0 Å². The second kappa shape index (κ2) is 34.1. The maximum atomic E-state index is 14.4. The van der Waals surface area contributed by atoms with Gasteiger partial charge in [-0.2, -0.15) is 5.10 Å². The molecule has 2 saturated carbocycles. The Morgan fingerprint density at radius 1 is 0.674 bits per heavy atom. The molecule has 2 aromatic carbocycles. The standard InChI is InChI=1S/C64H97N11O14/c1-44(2)49-38-47(18-19-51(49)75-52(60-53(88-7)15-12-16-54(60)89-8)39-50(67-75)61(84)66-64(63(86)87)21-20-46-35-45(3)36-48(64)37-46)62(85)70(6)26-14-24-68(4)23-13-25-69(5)56(77)17-10-9-11-22-65-55(76)40-71-27-29-72(41-57(78)79)31-33-74(43-59(82)83)34-32-73(30-28-71)42-58(80)81/h12,15-16,18-19,38-39,44-46,48H,9-11,13-14,17,20-37,40-43H2,1-8H3,(H,65,76)(H,66,84)(H,78,79)(H,80,81)(H,82,83)(H,86,87). The van der Waals surface area contributed by atoms with Crippen molar-refractivity contribution in [3.63, 3.8) is 0 Å². The van der Waals surface area contributed by atoms with Gasteiger partial charge in [0.15, 0.2) is 5.69 Å². The number of ether oxygens (including phenoxy) is 2. The Labute approximate surface area is 523 Å². The van der Waals surface area contributed by atoms with Crippen molar-refractivity contribution in [3.8, 4) is 28.4 Å². The number of amides is 4. The van der Waals surface area contributed by atoms with E-state index in [9.17, 15) is 58.8 Å². The first-order valence-electron chi connectivity index (χ1n) is 31.4. The third kappa shape index (κ3) is 20.7. The highest BCUT2D eigenvalue weighted by Crippen LogP contribution is 2.48. The molecule has 2 heterocycles. The molecule has 1 saturated heterocycles. The van der Waals surface area contributed by atoms with Gasteiger partial charge in [-0.1, -0.05) is 33.3 Å². The molecule has 3 fully saturated rings. The minimum Gasteiger partial charge on any atom is -0.496 e. The Balaban J connectivity index is 0.953. The number of rotatable bonds is 31. The van der Waals surface area contributed by atoms with Gasteiger partial charge in [0.05, 0.1) is 57.3 Å². The largest absolute Gasteiger partial charge is 0.496 e. The Kier molecular flexibility index (Phi) is 27.2. The Hall–Kier alpha value is -7.19. The second-order valence-electron chi connectivity index (χ2n) is 24.9. The third-order valence-corrected chi connectivity index (χ3v) is 17.8. The lowest BCUT2D eigenvalue weighted by atomic mass is 9.60. The van der Waals surface area contributed by atoms with Gasteiger partial charge in [0, 0.05) is 98.1 Å². The molecule has 1 aliphatic heterocycles. The van der Waals surface area contributed by atoms with Gasteiger partial charge >= 0.3 is 23.9 Å². The average Bonchev–Trinajstić information content (AvgIpc) is 1.83. The minimum atomic E-state index is -1.42. The smallest absolute Gasteiger partial charge is 0.329 e. The number of hydrogen-bond acceptors (Lipinski definition) is 16. The SMILES string of the molecule is COc1cccc(OC)c1-c1cc(C(=O)NC2(C(=O)O)CCC3CC(C)CC2C3)nn1-c1ccc(C(=O)N(C)CCCN(C)CCCN(C)C(=O)CCCCCNC(=O)CN2CCN(CC(=O)O)CCN(CC(=O)O)CCN(CC(=O)O)CC2)cc1C(C)C. The lowest BCUT2D eigenvalue weighted by molar-refractivity contribution is -0.151. The van der Waals surface area contributed by atoms with Crippen LogP contribution in [0.25, 0.3) is 16.9 Å². The number of carbonyl (C=O) groups excluding carboxylic acids is 4. The van der Waals surface area contributed by atoms with Crippen molar-refractivity contribution in [2.24, 2.45) is 17.8 Å². The van der Waals surface area contributed by atoms with E-state index in [-0.39, 0.29) is 87.6 Å². The molecule has 89 heavy (non-hydrogen) atoms. The third-order valence-electron chi connectivity index (χ3n) is 17.8. The molecule has 25 heteroatoms. The molecule has 1 aromatic heterocycles. The van der Waals surface area contributed by atoms with Crippen molar-refractivity contribution >= 4 is 47.5 Å². The molecule has 2 aliphatic carbocycles. The van der Waals surface area contributed by atoms with Crippen molar-refractivity contribution in [2.45, 2.75) is 103 Å². The van der Waals surface area contributed by atoms with Gasteiger partial charge in [-0.3, -0.25) is 53.2 Å². The lowest BCUT2D eigenvalue weighted by Crippen LogP contribution is -2.62. The molecule has 4 unspecified atom stereocenters. The summed E-state index contributed by atoms with van der Waals surface area (Å²) in [4.78, 5) is 115. The van der Waals surface area contributed by atoms with Crippen LogP contribution in [-0.4, -0.2) is 264 Å². The zero-order valence-electron chi connectivity index (χ0n) is 53.5. The van der Waals surface area contributed by atoms with E-state index in [1.165, 1.54) is 0 Å². The highest BCUT2D eigenvalue weighted by atomic mass is 16.5. The first-order chi connectivity index (χ1) is 42.4. The van der Waals surface area contributed by atoms with Crippen LogP contribution in [-0.2, 0) is 28.8 Å². The maximum Gasteiger partial charge on any atom is 0.329 e. The number of carboxylic acids is 4. The highest BCUT2D eigenvalue weighted by molar-refractivity contribution is 5.98. The van der Waals surface area contributed by atoms with Gasteiger partial charge in [-0.25, -0.2) is 9.48 Å². The number of nitrogens with zero attached hydrogens (tertiary/aromatic N) is 9. The van der Waals surface area contributed by atoms with Gasteiger partial charge in [0.1, 0.15) is 17.0 Å². The van der Waals surface area contributed by atoms with Gasteiger partial charge in [-0.05, 0) is 144 Å². The van der Waals surface area contributed by atoms with Crippen molar-refractivity contribution in [1.82, 2.24) is 54.7 Å². The number of aliphatic carboxylic acids is 4. The molecule has 6 N–H and O–H groups in total. The first-order valence-corrected chi connectivity index (χ1v) is 31.4. The fourth-order valence-corrected chi connectivity index (χ4v) is 12.8.